The zero-order valence-corrected chi connectivity index (χ0v) is 14.7. The Morgan fingerprint density at radius 3 is 2.57 bits per heavy atom. The van der Waals surface area contributed by atoms with Crippen molar-refractivity contribution in [1.29, 1.82) is 0 Å². The lowest BCUT2D eigenvalue weighted by atomic mass is 10.1. The predicted molar refractivity (Wildman–Crippen MR) is 91.4 cm³/mol. The highest BCUT2D eigenvalue weighted by molar-refractivity contribution is 6.33. The number of rotatable bonds is 8. The fourth-order valence-corrected chi connectivity index (χ4v) is 2.73. The van der Waals surface area contributed by atoms with E-state index in [1.54, 1.807) is 20.5 Å². The van der Waals surface area contributed by atoms with Crippen molar-refractivity contribution in [2.75, 3.05) is 34.9 Å². The van der Waals surface area contributed by atoms with E-state index < -0.39 is 0 Å². The highest BCUT2D eigenvalue weighted by Gasteiger charge is 2.17. The third kappa shape index (κ3) is 4.19. The van der Waals surface area contributed by atoms with Crippen LogP contribution in [0, 0.1) is 0 Å². The fraction of sp³-hybridized carbons (Fsp3) is 0.412. The molecule has 1 aromatic heterocycles. The molecule has 1 unspecified atom stereocenters. The highest BCUT2D eigenvalue weighted by atomic mass is 35.5. The van der Waals surface area contributed by atoms with Gasteiger partial charge in [0, 0.05) is 13.1 Å². The Morgan fingerprint density at radius 1 is 1.22 bits per heavy atom. The lowest BCUT2D eigenvalue weighted by molar-refractivity contribution is 0.250. The van der Waals surface area contributed by atoms with E-state index in [0.717, 1.165) is 17.9 Å². The van der Waals surface area contributed by atoms with Gasteiger partial charge in [0.2, 0.25) is 0 Å². The van der Waals surface area contributed by atoms with Crippen molar-refractivity contribution >= 4 is 11.6 Å². The molecule has 1 atom stereocenters. The van der Waals surface area contributed by atoms with Crippen LogP contribution in [0.3, 0.4) is 0 Å². The number of halogens is 1. The summed E-state index contributed by atoms with van der Waals surface area (Å²) in [5, 5.41) is 3.99. The maximum Gasteiger partial charge on any atom is 0.179 e. The van der Waals surface area contributed by atoms with E-state index in [4.69, 9.17) is 25.5 Å². The summed E-state index contributed by atoms with van der Waals surface area (Å²) in [6.07, 6.45) is 1.69. The van der Waals surface area contributed by atoms with Crippen LogP contribution in [-0.4, -0.2) is 39.8 Å². The summed E-state index contributed by atoms with van der Waals surface area (Å²) in [7, 11) is 7.23. The molecule has 1 heterocycles. The van der Waals surface area contributed by atoms with Crippen molar-refractivity contribution in [3.05, 3.63) is 46.9 Å². The standard InChI is InChI=1S/C17H23ClN2O3/c1-20(2)13(14-6-5-9-23-14)11-19-10-12-7-8-15(21-3)17(22-4)16(12)18/h5-9,13,19H,10-11H2,1-4H3. The van der Waals surface area contributed by atoms with Gasteiger partial charge in [0.25, 0.3) is 0 Å². The molecule has 5 nitrogen and oxygen atoms in total. The summed E-state index contributed by atoms with van der Waals surface area (Å²) < 4.78 is 16.1. The predicted octanol–water partition coefficient (Wildman–Crippen LogP) is 3.34. The third-order valence-corrected chi connectivity index (χ3v) is 4.13. The smallest absolute Gasteiger partial charge is 0.179 e. The summed E-state index contributed by atoms with van der Waals surface area (Å²) in [6.45, 7) is 1.37. The molecule has 2 aromatic rings. The summed E-state index contributed by atoms with van der Waals surface area (Å²) in [4.78, 5) is 2.11. The first-order valence-electron chi connectivity index (χ1n) is 7.38. The molecule has 23 heavy (non-hydrogen) atoms. The molecule has 0 aliphatic heterocycles. The number of likely N-dealkylation sites (N-methyl/N-ethyl adjacent to an activating group) is 1. The van der Waals surface area contributed by atoms with Gasteiger partial charge in [-0.3, -0.25) is 4.90 Å². The minimum absolute atomic E-state index is 0.156. The van der Waals surface area contributed by atoms with Crippen molar-refractivity contribution in [1.82, 2.24) is 10.2 Å². The van der Waals surface area contributed by atoms with E-state index in [9.17, 15) is 0 Å². The second-order valence-corrected chi connectivity index (χ2v) is 5.78. The van der Waals surface area contributed by atoms with Gasteiger partial charge in [0.1, 0.15) is 5.76 Å². The Labute approximate surface area is 142 Å². The molecule has 1 aromatic carbocycles. The van der Waals surface area contributed by atoms with Gasteiger partial charge < -0.3 is 19.2 Å². The molecule has 0 radical (unpaired) electrons. The van der Waals surface area contributed by atoms with Crippen LogP contribution in [0.4, 0.5) is 0 Å². The molecule has 1 N–H and O–H groups in total. The maximum absolute atomic E-state index is 6.40. The molecule has 6 heteroatoms. The van der Waals surface area contributed by atoms with E-state index in [1.165, 1.54) is 0 Å². The van der Waals surface area contributed by atoms with Crippen molar-refractivity contribution in [3.8, 4) is 11.5 Å². The summed E-state index contributed by atoms with van der Waals surface area (Å²) in [6, 6.07) is 7.84. The molecule has 2 rings (SSSR count). The number of benzene rings is 1. The number of methoxy groups -OCH3 is 2. The van der Waals surface area contributed by atoms with Crippen LogP contribution in [0.1, 0.15) is 17.4 Å². The molecule has 0 spiro atoms. The van der Waals surface area contributed by atoms with Crippen LogP contribution in [0.2, 0.25) is 5.02 Å². The molecule has 0 fully saturated rings. The van der Waals surface area contributed by atoms with Gasteiger partial charge in [-0.25, -0.2) is 0 Å². The van der Waals surface area contributed by atoms with E-state index in [-0.39, 0.29) is 6.04 Å². The normalized spacial score (nSPS) is 12.4. The molecule has 0 amide bonds. The Hall–Kier alpha value is -1.69. The topological polar surface area (TPSA) is 46.9 Å². The minimum atomic E-state index is 0.156. The molecule has 126 valence electrons. The van der Waals surface area contributed by atoms with Crippen molar-refractivity contribution in [2.24, 2.45) is 0 Å². The van der Waals surface area contributed by atoms with Gasteiger partial charge in [-0.2, -0.15) is 0 Å². The fourth-order valence-electron chi connectivity index (χ4n) is 2.43. The van der Waals surface area contributed by atoms with E-state index in [2.05, 4.69) is 10.2 Å². The second-order valence-electron chi connectivity index (χ2n) is 5.40. The molecule has 0 saturated carbocycles. The van der Waals surface area contributed by atoms with Crippen LogP contribution in [0.5, 0.6) is 11.5 Å². The van der Waals surface area contributed by atoms with Crippen LogP contribution in [-0.2, 0) is 6.54 Å². The van der Waals surface area contributed by atoms with Crippen LogP contribution < -0.4 is 14.8 Å². The van der Waals surface area contributed by atoms with Crippen molar-refractivity contribution < 1.29 is 13.9 Å². The first-order chi connectivity index (χ1) is 11.1. The first-order valence-corrected chi connectivity index (χ1v) is 7.76. The third-order valence-electron chi connectivity index (χ3n) is 3.71. The Balaban J connectivity index is 2.03. The van der Waals surface area contributed by atoms with Gasteiger partial charge >= 0.3 is 0 Å². The summed E-state index contributed by atoms with van der Waals surface area (Å²) >= 11 is 6.40. The van der Waals surface area contributed by atoms with E-state index >= 15 is 0 Å². The zero-order chi connectivity index (χ0) is 16.8. The Bertz CT molecular complexity index is 615. The second kappa shape index (κ2) is 8.24. The largest absolute Gasteiger partial charge is 0.493 e. The minimum Gasteiger partial charge on any atom is -0.493 e. The first kappa shape index (κ1) is 17.7. The van der Waals surface area contributed by atoms with Crippen LogP contribution in [0.25, 0.3) is 0 Å². The van der Waals surface area contributed by atoms with Gasteiger partial charge in [0.15, 0.2) is 11.5 Å². The van der Waals surface area contributed by atoms with Gasteiger partial charge in [-0.05, 0) is 37.9 Å². The number of ether oxygens (including phenoxy) is 2. The number of nitrogens with zero attached hydrogens (tertiary/aromatic N) is 1. The van der Waals surface area contributed by atoms with E-state index in [1.807, 2.05) is 38.4 Å². The number of hydrogen-bond donors (Lipinski definition) is 1. The van der Waals surface area contributed by atoms with E-state index in [0.29, 0.717) is 23.1 Å². The SMILES string of the molecule is COc1ccc(CNCC(c2ccco2)N(C)C)c(Cl)c1OC. The zero-order valence-electron chi connectivity index (χ0n) is 13.9. The van der Waals surface area contributed by atoms with Crippen molar-refractivity contribution in [2.45, 2.75) is 12.6 Å². The Morgan fingerprint density at radius 2 is 2.00 bits per heavy atom. The van der Waals surface area contributed by atoms with Crippen LogP contribution in [0.15, 0.2) is 34.9 Å². The molecule has 0 aliphatic carbocycles. The molecule has 0 saturated heterocycles. The number of hydrogen-bond acceptors (Lipinski definition) is 5. The van der Waals surface area contributed by atoms with Gasteiger partial charge in [-0.1, -0.05) is 17.7 Å². The molecule has 0 aliphatic rings. The number of nitrogens with one attached hydrogen (secondary N) is 1. The summed E-state index contributed by atoms with van der Waals surface area (Å²) in [5.74, 6) is 2.12. The lowest BCUT2D eigenvalue weighted by Gasteiger charge is -2.23. The van der Waals surface area contributed by atoms with Crippen LogP contribution >= 0.6 is 11.6 Å². The molecular formula is C17H23ClN2O3. The van der Waals surface area contributed by atoms with Crippen molar-refractivity contribution in [3.63, 3.8) is 0 Å². The molecule has 0 bridgehead atoms. The number of furan rings is 1. The van der Waals surface area contributed by atoms with Gasteiger partial charge in [0.05, 0.1) is 31.5 Å². The quantitative estimate of drug-likeness (QED) is 0.800. The Kier molecular flexibility index (Phi) is 6.33. The van der Waals surface area contributed by atoms with Gasteiger partial charge in [-0.15, -0.1) is 0 Å². The molecular weight excluding hydrogens is 316 g/mol. The average molecular weight is 339 g/mol. The highest BCUT2D eigenvalue weighted by Crippen LogP contribution is 2.37. The summed E-state index contributed by atoms with van der Waals surface area (Å²) in [5.41, 5.74) is 0.960. The lowest BCUT2D eigenvalue weighted by Crippen LogP contribution is -2.30. The maximum atomic E-state index is 6.40. The monoisotopic (exact) mass is 338 g/mol. The average Bonchev–Trinajstić information content (AvgIpc) is 3.06.